The quantitative estimate of drug-likeness (QED) is 0.0652. The van der Waals surface area contributed by atoms with Crippen molar-refractivity contribution in [3.8, 4) is 69.0 Å². The highest BCUT2D eigenvalue weighted by molar-refractivity contribution is 5.76. The van der Waals surface area contributed by atoms with E-state index in [-0.39, 0.29) is 51.7 Å². The zero-order chi connectivity index (χ0) is 47.0. The molecule has 3 heterocycles. The fourth-order valence-electron chi connectivity index (χ4n) is 10.2. The zero-order valence-electron chi connectivity index (χ0n) is 35.8. The average Bonchev–Trinajstić information content (AvgIpc) is 4.00. The molecule has 3 aliphatic heterocycles. The zero-order valence-corrected chi connectivity index (χ0v) is 35.8. The Bertz CT molecular complexity index is 3250. The van der Waals surface area contributed by atoms with Gasteiger partial charge in [0.05, 0.1) is 17.8 Å². The average molecular weight is 907 g/mol. The second-order valence-corrected chi connectivity index (χ2v) is 17.4. The highest BCUT2D eigenvalue weighted by atomic mass is 16.5. The van der Waals surface area contributed by atoms with Crippen molar-refractivity contribution in [2.24, 2.45) is 0 Å². The lowest BCUT2D eigenvalue weighted by atomic mass is 9.76. The van der Waals surface area contributed by atoms with Gasteiger partial charge in [-0.2, -0.15) is 0 Å². The van der Waals surface area contributed by atoms with Crippen molar-refractivity contribution < 1.29 is 60.2 Å². The van der Waals surface area contributed by atoms with E-state index in [0.717, 1.165) is 22.3 Å². The first kappa shape index (κ1) is 41.8. The number of rotatable bonds is 8. The Morgan fingerprint density at radius 1 is 0.294 bits per heavy atom. The number of hydrogen-bond donors (Lipinski definition) is 9. The summed E-state index contributed by atoms with van der Waals surface area (Å²) < 4.78 is 20.0. The van der Waals surface area contributed by atoms with Crippen molar-refractivity contribution in [1.82, 2.24) is 0 Å². The van der Waals surface area contributed by atoms with E-state index in [1.807, 2.05) is 30.4 Å². The summed E-state index contributed by atoms with van der Waals surface area (Å²) in [5, 5.41) is 96.0. The van der Waals surface area contributed by atoms with Crippen LogP contribution in [0.2, 0.25) is 0 Å². The molecule has 0 saturated heterocycles. The first-order valence-electron chi connectivity index (χ1n) is 21.8. The van der Waals surface area contributed by atoms with Crippen molar-refractivity contribution >= 4 is 12.2 Å². The number of ether oxygens (including phenoxy) is 3. The van der Waals surface area contributed by atoms with Gasteiger partial charge in [0.25, 0.3) is 0 Å². The van der Waals surface area contributed by atoms with Gasteiger partial charge >= 0.3 is 0 Å². The number of aromatic hydroxyl groups is 9. The Kier molecular flexibility index (Phi) is 9.96. The monoisotopic (exact) mass is 906 g/mol. The number of phenolic OH excluding ortho intramolecular Hbond substituents is 9. The highest BCUT2D eigenvalue weighted by Crippen LogP contribution is 2.59. The Labute approximate surface area is 389 Å². The van der Waals surface area contributed by atoms with Crippen molar-refractivity contribution in [2.45, 2.75) is 36.1 Å². The van der Waals surface area contributed by atoms with E-state index >= 15 is 0 Å². The van der Waals surface area contributed by atoms with Gasteiger partial charge in [0.1, 0.15) is 87.3 Å². The third-order valence-electron chi connectivity index (χ3n) is 13.0. The van der Waals surface area contributed by atoms with Gasteiger partial charge in [-0.05, 0) is 129 Å². The summed E-state index contributed by atoms with van der Waals surface area (Å²) >= 11 is 0. The lowest BCUT2D eigenvalue weighted by Gasteiger charge is -2.26. The Balaban J connectivity index is 1.05. The fourth-order valence-corrected chi connectivity index (χ4v) is 10.2. The molecular weight excluding hydrogens is 865 g/mol. The van der Waals surface area contributed by atoms with Gasteiger partial charge in [-0.15, -0.1) is 0 Å². The van der Waals surface area contributed by atoms with Crippen molar-refractivity contribution in [2.75, 3.05) is 0 Å². The molecule has 11 rings (SSSR count). The Morgan fingerprint density at radius 3 is 1.21 bits per heavy atom. The van der Waals surface area contributed by atoms with Crippen molar-refractivity contribution in [1.29, 1.82) is 0 Å². The minimum absolute atomic E-state index is 0.0494. The number of phenols is 9. The van der Waals surface area contributed by atoms with Crippen LogP contribution in [0.3, 0.4) is 0 Å². The summed E-state index contributed by atoms with van der Waals surface area (Å²) in [4.78, 5) is 0. The smallest absolute Gasteiger partial charge is 0.135 e. The Morgan fingerprint density at radius 2 is 0.706 bits per heavy atom. The summed E-state index contributed by atoms with van der Waals surface area (Å²) in [7, 11) is 0. The summed E-state index contributed by atoms with van der Waals surface area (Å²) in [5.41, 5.74) is 7.38. The molecule has 0 unspecified atom stereocenters. The largest absolute Gasteiger partial charge is 0.508 e. The highest BCUT2D eigenvalue weighted by Gasteiger charge is 2.46. The third-order valence-corrected chi connectivity index (χ3v) is 13.0. The molecule has 8 aromatic carbocycles. The van der Waals surface area contributed by atoms with E-state index in [0.29, 0.717) is 56.2 Å². The molecule has 12 heteroatoms. The van der Waals surface area contributed by atoms with Gasteiger partial charge in [0.15, 0.2) is 0 Å². The van der Waals surface area contributed by atoms with Crippen LogP contribution in [0.5, 0.6) is 69.0 Å². The molecule has 0 saturated carbocycles. The first-order valence-corrected chi connectivity index (χ1v) is 21.8. The van der Waals surface area contributed by atoms with E-state index in [1.54, 1.807) is 109 Å². The lowest BCUT2D eigenvalue weighted by Crippen LogP contribution is -2.16. The van der Waals surface area contributed by atoms with E-state index in [9.17, 15) is 46.0 Å². The predicted molar refractivity (Wildman–Crippen MR) is 251 cm³/mol. The van der Waals surface area contributed by atoms with E-state index in [1.165, 1.54) is 24.3 Å². The molecule has 9 N–H and O–H groups in total. The molecule has 12 nitrogen and oxygen atoms in total. The van der Waals surface area contributed by atoms with Crippen LogP contribution in [0, 0.1) is 0 Å². The number of fused-ring (bicyclic) bond motifs is 3. The van der Waals surface area contributed by atoms with Crippen molar-refractivity contribution in [3.63, 3.8) is 0 Å². The molecule has 68 heavy (non-hydrogen) atoms. The predicted octanol–water partition coefficient (Wildman–Crippen LogP) is 11.0. The maximum Gasteiger partial charge on any atom is 0.135 e. The van der Waals surface area contributed by atoms with Crippen LogP contribution in [0.1, 0.15) is 97.3 Å². The number of hydrogen-bond acceptors (Lipinski definition) is 12. The summed E-state index contributed by atoms with van der Waals surface area (Å²) in [6, 6.07) is 40.7. The van der Waals surface area contributed by atoms with Gasteiger partial charge in [-0.3, -0.25) is 0 Å². The van der Waals surface area contributed by atoms with E-state index in [4.69, 9.17) is 14.2 Å². The molecule has 0 fully saturated rings. The molecule has 8 aromatic rings. The molecule has 0 amide bonds. The van der Waals surface area contributed by atoms with Crippen LogP contribution in [-0.4, -0.2) is 46.0 Å². The maximum atomic E-state index is 11.5. The third kappa shape index (κ3) is 7.47. The first-order chi connectivity index (χ1) is 32.8. The molecule has 0 spiro atoms. The molecule has 0 radical (unpaired) electrons. The molecule has 3 aliphatic rings. The maximum absolute atomic E-state index is 11.5. The molecule has 0 aliphatic carbocycles. The second-order valence-electron chi connectivity index (χ2n) is 17.4. The van der Waals surface area contributed by atoms with Crippen LogP contribution >= 0.6 is 0 Å². The van der Waals surface area contributed by atoms with E-state index < -0.39 is 36.1 Å². The fraction of sp³-hybridized carbons (Fsp3) is 0.107. The van der Waals surface area contributed by atoms with Gasteiger partial charge in [-0.25, -0.2) is 0 Å². The Hall–Kier alpha value is -8.90. The summed E-state index contributed by atoms with van der Waals surface area (Å²) in [6.07, 6.45) is 1.69. The summed E-state index contributed by atoms with van der Waals surface area (Å²) in [6.45, 7) is 0. The lowest BCUT2D eigenvalue weighted by molar-refractivity contribution is 0.220. The van der Waals surface area contributed by atoms with Crippen LogP contribution in [-0.2, 0) is 0 Å². The van der Waals surface area contributed by atoms with Crippen LogP contribution in [0.15, 0.2) is 152 Å². The summed E-state index contributed by atoms with van der Waals surface area (Å²) in [5.74, 6) is -0.981. The van der Waals surface area contributed by atoms with Gasteiger partial charge in [0, 0.05) is 41.0 Å². The topological polar surface area (TPSA) is 210 Å². The minimum Gasteiger partial charge on any atom is -0.508 e. The molecule has 0 aromatic heterocycles. The standard InChI is InChI=1S/C56H42O12/c57-35-10-4-29(5-11-35)54-50(33-19-38(60)23-39(61)20-33)49-32(18-42(64)26-47(49)67-54)3-1-28-2-16-46-44(17-28)52(56(66-46)31-8-14-37(59)15-9-31)45-25-43(65)27-48-53(45)51(34-21-40(62)24-41(63)22-34)55(68-48)30-6-12-36(58)13-7-30/h1-27,50-52,54-65H/b3-1+/t50-,51-,52+,54-,55-,56-/m0/s1. The van der Waals surface area contributed by atoms with E-state index in [2.05, 4.69) is 0 Å². The van der Waals surface area contributed by atoms with Crippen LogP contribution in [0.25, 0.3) is 12.2 Å². The van der Waals surface area contributed by atoms with Gasteiger partial charge in [-0.1, -0.05) is 54.6 Å². The molecular formula is C56H42O12. The minimum atomic E-state index is -0.718. The normalized spacial score (nSPS) is 20.0. The molecule has 338 valence electrons. The van der Waals surface area contributed by atoms with Crippen LogP contribution in [0.4, 0.5) is 0 Å². The SMILES string of the molecule is Oc1ccc([C@@H]2Oc3ccc(/C=C/c4cc(O)cc5c4[C@H](c4cc(O)cc(O)c4)[C@H](c4ccc(O)cc4)O5)cc3[C@@H]2c2cc(O)cc3c2[C@H](c2cc(O)cc(O)c2)[C@H](c2ccc(O)cc2)O3)cc1. The number of benzene rings is 8. The van der Waals surface area contributed by atoms with Crippen LogP contribution < -0.4 is 14.2 Å². The molecule has 0 bridgehead atoms. The van der Waals surface area contributed by atoms with Gasteiger partial charge in [0.2, 0.25) is 0 Å². The second kappa shape index (κ2) is 16.2. The molecule has 6 atom stereocenters. The van der Waals surface area contributed by atoms with Gasteiger partial charge < -0.3 is 60.2 Å². The van der Waals surface area contributed by atoms with Crippen molar-refractivity contribution in [3.05, 3.63) is 213 Å².